The molecule has 8 nitrogen and oxygen atoms in total. The molecule has 0 N–H and O–H groups in total. The van der Waals surface area contributed by atoms with Gasteiger partial charge in [-0.25, -0.2) is 9.78 Å². The van der Waals surface area contributed by atoms with Gasteiger partial charge in [-0.05, 0) is 27.0 Å². The van der Waals surface area contributed by atoms with E-state index in [1.54, 1.807) is 22.8 Å². The molecule has 0 bridgehead atoms. The number of aryl methyl sites for hydroxylation is 1. The molecule has 2 amide bonds. The number of aromatic nitrogens is 1. The summed E-state index contributed by atoms with van der Waals surface area (Å²) in [6.45, 7) is 5.30. The highest BCUT2D eigenvalue weighted by molar-refractivity contribution is 7.22. The van der Waals surface area contributed by atoms with Gasteiger partial charge in [0.2, 0.25) is 0 Å². The summed E-state index contributed by atoms with van der Waals surface area (Å²) in [4.78, 5) is 33.0. The molecule has 0 unspecified atom stereocenters. The first kappa shape index (κ1) is 15.6. The van der Waals surface area contributed by atoms with Gasteiger partial charge in [-0.3, -0.25) is 19.9 Å². The van der Waals surface area contributed by atoms with Gasteiger partial charge >= 0.3 is 6.03 Å². The molecule has 1 saturated heterocycles. The highest BCUT2D eigenvalue weighted by Gasteiger charge is 2.31. The van der Waals surface area contributed by atoms with E-state index in [1.165, 1.54) is 17.4 Å². The van der Waals surface area contributed by atoms with Crippen molar-refractivity contribution < 1.29 is 9.72 Å². The molecular weight excluding hydrogens is 318 g/mol. The van der Waals surface area contributed by atoms with Gasteiger partial charge in [0.15, 0.2) is 5.13 Å². The number of rotatable bonds is 3. The van der Waals surface area contributed by atoms with Crippen molar-refractivity contribution in [3.63, 3.8) is 0 Å². The van der Waals surface area contributed by atoms with Crippen LogP contribution in [0.2, 0.25) is 0 Å². The van der Waals surface area contributed by atoms with Crippen LogP contribution in [-0.4, -0.2) is 52.7 Å². The minimum atomic E-state index is -0.396. The zero-order valence-electron chi connectivity index (χ0n) is 13.1. The Bertz CT molecular complexity index is 790. The third-order valence-corrected chi connectivity index (χ3v) is 5.09. The topological polar surface area (TPSA) is 82.8 Å². The minimum Gasteiger partial charge on any atom is -0.312 e. The van der Waals surface area contributed by atoms with Crippen molar-refractivity contribution >= 4 is 38.4 Å². The van der Waals surface area contributed by atoms with Gasteiger partial charge < -0.3 is 4.90 Å². The molecule has 23 heavy (non-hydrogen) atoms. The van der Waals surface area contributed by atoms with Crippen LogP contribution in [0.5, 0.6) is 0 Å². The predicted octanol–water partition coefficient (Wildman–Crippen LogP) is 2.62. The van der Waals surface area contributed by atoms with Crippen LogP contribution in [0.1, 0.15) is 12.5 Å². The first-order chi connectivity index (χ1) is 10.9. The summed E-state index contributed by atoms with van der Waals surface area (Å²) in [5, 5.41) is 11.6. The highest BCUT2D eigenvalue weighted by Crippen LogP contribution is 2.36. The number of carbonyl (C=O) groups is 1. The van der Waals surface area contributed by atoms with E-state index in [1.807, 2.05) is 18.9 Å². The Labute approximate surface area is 137 Å². The van der Waals surface area contributed by atoms with Gasteiger partial charge in [-0.2, -0.15) is 0 Å². The van der Waals surface area contributed by atoms with E-state index in [9.17, 15) is 14.9 Å². The fourth-order valence-corrected chi connectivity index (χ4v) is 3.71. The summed E-state index contributed by atoms with van der Waals surface area (Å²) in [6, 6.07) is 3.01. The van der Waals surface area contributed by atoms with Crippen molar-refractivity contribution in [2.24, 2.45) is 0 Å². The fraction of sp³-hybridized carbons (Fsp3) is 0.429. The van der Waals surface area contributed by atoms with Crippen LogP contribution in [0.3, 0.4) is 0 Å². The standard InChI is InChI=1S/C14H17N5O3S/c1-4-17-7-16(3)8-18(14(17)20)13-15-10-5-6-11(19(21)22)9(2)12(10)23-13/h5-6H,4,7-8H2,1-3H3. The van der Waals surface area contributed by atoms with Crippen LogP contribution in [0, 0.1) is 17.0 Å². The second kappa shape index (κ2) is 5.74. The molecule has 0 atom stereocenters. The number of nitrogens with zero attached hydrogens (tertiary/aromatic N) is 5. The monoisotopic (exact) mass is 335 g/mol. The van der Waals surface area contributed by atoms with Crippen LogP contribution in [0.25, 0.3) is 10.2 Å². The largest absolute Gasteiger partial charge is 0.328 e. The van der Waals surface area contributed by atoms with Gasteiger partial charge in [0.25, 0.3) is 5.69 Å². The maximum absolute atomic E-state index is 12.5. The van der Waals surface area contributed by atoms with Gasteiger partial charge in [0, 0.05) is 18.2 Å². The van der Waals surface area contributed by atoms with E-state index in [2.05, 4.69) is 4.98 Å². The molecule has 0 aliphatic carbocycles. The molecule has 0 saturated carbocycles. The fourth-order valence-electron chi connectivity index (χ4n) is 2.66. The summed E-state index contributed by atoms with van der Waals surface area (Å²) in [6.07, 6.45) is 0. The smallest absolute Gasteiger partial charge is 0.312 e. The van der Waals surface area contributed by atoms with Gasteiger partial charge in [-0.1, -0.05) is 11.3 Å². The van der Waals surface area contributed by atoms with E-state index in [0.29, 0.717) is 36.1 Å². The Morgan fingerprint density at radius 1 is 1.39 bits per heavy atom. The normalized spacial score (nSPS) is 16.4. The van der Waals surface area contributed by atoms with E-state index < -0.39 is 4.92 Å². The lowest BCUT2D eigenvalue weighted by Gasteiger charge is -2.38. The van der Waals surface area contributed by atoms with Crippen LogP contribution >= 0.6 is 11.3 Å². The maximum Gasteiger partial charge on any atom is 0.328 e. The van der Waals surface area contributed by atoms with Crippen molar-refractivity contribution in [2.45, 2.75) is 13.8 Å². The number of urea groups is 1. The maximum atomic E-state index is 12.5. The number of carbonyl (C=O) groups excluding carboxylic acids is 1. The molecule has 1 fully saturated rings. The highest BCUT2D eigenvalue weighted by atomic mass is 32.1. The molecule has 122 valence electrons. The number of nitro benzene ring substituents is 1. The number of hydrogen-bond acceptors (Lipinski definition) is 6. The Balaban J connectivity index is 2.05. The Hall–Kier alpha value is -2.26. The van der Waals surface area contributed by atoms with E-state index in [4.69, 9.17) is 0 Å². The van der Waals surface area contributed by atoms with Crippen LogP contribution in [-0.2, 0) is 0 Å². The molecule has 3 rings (SSSR count). The van der Waals surface area contributed by atoms with Crippen LogP contribution in [0.15, 0.2) is 12.1 Å². The number of nitro groups is 1. The Morgan fingerprint density at radius 3 is 2.78 bits per heavy atom. The molecule has 0 spiro atoms. The average molecular weight is 335 g/mol. The van der Waals surface area contributed by atoms with Crippen LogP contribution < -0.4 is 4.90 Å². The minimum absolute atomic E-state index is 0.0740. The number of amides is 2. The third-order valence-electron chi connectivity index (χ3n) is 3.87. The van der Waals surface area contributed by atoms with E-state index in [0.717, 1.165) is 4.70 Å². The van der Waals surface area contributed by atoms with E-state index in [-0.39, 0.29) is 11.7 Å². The summed E-state index contributed by atoms with van der Waals surface area (Å²) in [7, 11) is 1.94. The van der Waals surface area contributed by atoms with Gasteiger partial charge in [0.05, 0.1) is 28.5 Å². The second-order valence-electron chi connectivity index (χ2n) is 5.52. The average Bonchev–Trinajstić information content (AvgIpc) is 2.94. The summed E-state index contributed by atoms with van der Waals surface area (Å²) in [5.74, 6) is 0. The summed E-state index contributed by atoms with van der Waals surface area (Å²) < 4.78 is 0.748. The lowest BCUT2D eigenvalue weighted by Crippen LogP contribution is -2.56. The van der Waals surface area contributed by atoms with Crippen molar-refractivity contribution in [3.8, 4) is 0 Å². The number of anilines is 1. The summed E-state index contributed by atoms with van der Waals surface area (Å²) >= 11 is 1.32. The number of benzene rings is 1. The van der Waals surface area contributed by atoms with Crippen molar-refractivity contribution in [1.82, 2.24) is 14.8 Å². The molecule has 1 aromatic heterocycles. The first-order valence-electron chi connectivity index (χ1n) is 7.22. The second-order valence-corrected chi connectivity index (χ2v) is 6.49. The lowest BCUT2D eigenvalue weighted by molar-refractivity contribution is -0.385. The molecule has 0 radical (unpaired) electrons. The van der Waals surface area contributed by atoms with E-state index >= 15 is 0 Å². The number of fused-ring (bicyclic) bond motifs is 1. The van der Waals surface area contributed by atoms with Gasteiger partial charge in [-0.15, -0.1) is 0 Å². The zero-order chi connectivity index (χ0) is 16.7. The van der Waals surface area contributed by atoms with Crippen LogP contribution in [0.4, 0.5) is 15.6 Å². The Kier molecular flexibility index (Phi) is 3.90. The van der Waals surface area contributed by atoms with Crippen molar-refractivity contribution in [3.05, 3.63) is 27.8 Å². The SMILES string of the molecule is CCN1CN(C)CN(c2nc3ccc([N+](=O)[O-])c(C)c3s2)C1=O. The Morgan fingerprint density at radius 2 is 2.13 bits per heavy atom. The third kappa shape index (κ3) is 2.62. The lowest BCUT2D eigenvalue weighted by atomic mass is 10.2. The molecule has 1 aromatic carbocycles. The molecule has 1 aliphatic rings. The molecule has 9 heteroatoms. The summed E-state index contributed by atoms with van der Waals surface area (Å²) in [5.41, 5.74) is 1.34. The first-order valence-corrected chi connectivity index (χ1v) is 8.03. The molecule has 1 aliphatic heterocycles. The molecule has 2 aromatic rings. The number of hydrogen-bond donors (Lipinski definition) is 0. The predicted molar refractivity (Wildman–Crippen MR) is 88.8 cm³/mol. The zero-order valence-corrected chi connectivity index (χ0v) is 14.0. The van der Waals surface area contributed by atoms with Gasteiger partial charge in [0.1, 0.15) is 0 Å². The molecular formula is C14H17N5O3S. The molecule has 2 heterocycles. The van der Waals surface area contributed by atoms with Crippen molar-refractivity contribution in [2.75, 3.05) is 31.8 Å². The van der Waals surface area contributed by atoms with Crippen molar-refractivity contribution in [1.29, 1.82) is 0 Å². The quantitative estimate of drug-likeness (QED) is 0.636. The number of thiazole rings is 1.